The molecule has 1 aromatic heterocycles. The zero-order valence-corrected chi connectivity index (χ0v) is 21.5. The van der Waals surface area contributed by atoms with Crippen LogP contribution in [-0.2, 0) is 11.2 Å². The van der Waals surface area contributed by atoms with Crippen LogP contribution in [0.5, 0.6) is 0 Å². The molecule has 0 aromatic carbocycles. The zero-order chi connectivity index (χ0) is 22.4. The third-order valence-electron chi connectivity index (χ3n) is 9.70. The molecule has 4 nitrogen and oxygen atoms in total. The van der Waals surface area contributed by atoms with Crippen LogP contribution in [0.1, 0.15) is 69.1 Å². The molecule has 2 aliphatic heterocycles. The van der Waals surface area contributed by atoms with Crippen LogP contribution in [0, 0.1) is 29.6 Å². The smallest absolute Gasteiger partial charge is 0.227 e. The van der Waals surface area contributed by atoms with Crippen molar-refractivity contribution in [2.45, 2.75) is 76.2 Å². The molecule has 4 saturated carbocycles. The van der Waals surface area contributed by atoms with Gasteiger partial charge in [-0.05, 0) is 117 Å². The van der Waals surface area contributed by atoms with Gasteiger partial charge >= 0.3 is 0 Å². The maximum absolute atomic E-state index is 12.6. The number of amides is 1. The molecule has 0 atom stereocenters. The van der Waals surface area contributed by atoms with E-state index in [1.54, 1.807) is 11.3 Å². The molecular weight excluding hydrogens is 446 g/mol. The number of hydrogen-bond donors (Lipinski definition) is 1. The van der Waals surface area contributed by atoms with E-state index in [1.807, 2.05) is 6.07 Å². The topological polar surface area (TPSA) is 35.6 Å². The third-order valence-corrected chi connectivity index (χ3v) is 10.9. The molecule has 1 N–H and O–H groups in total. The zero-order valence-electron chi connectivity index (χ0n) is 19.8. The summed E-state index contributed by atoms with van der Waals surface area (Å²) in [6.07, 6.45) is 14.0. The molecule has 0 unspecified atom stereocenters. The second-order valence-electron chi connectivity index (χ2n) is 11.9. The van der Waals surface area contributed by atoms with Crippen LogP contribution in [-0.4, -0.2) is 52.5 Å². The van der Waals surface area contributed by atoms with Crippen molar-refractivity contribution in [2.24, 2.45) is 29.6 Å². The first-order chi connectivity index (χ1) is 16.1. The number of carbonyl (C=O) groups excluding carboxylic acids is 1. The maximum atomic E-state index is 12.6. The summed E-state index contributed by atoms with van der Waals surface area (Å²) in [5.41, 5.74) is 0.325. The van der Waals surface area contributed by atoms with Crippen LogP contribution in [0.3, 0.4) is 0 Å². The fourth-order valence-electron chi connectivity index (χ4n) is 8.44. The van der Waals surface area contributed by atoms with Crippen molar-refractivity contribution in [2.75, 3.05) is 26.2 Å². The molecule has 1 amide bonds. The van der Waals surface area contributed by atoms with Crippen molar-refractivity contribution in [3.05, 3.63) is 22.4 Å². The Balaban J connectivity index is 0.957. The highest BCUT2D eigenvalue weighted by Crippen LogP contribution is 2.55. The highest BCUT2D eigenvalue weighted by Gasteiger charge is 2.51. The molecule has 3 heterocycles. The summed E-state index contributed by atoms with van der Waals surface area (Å²) in [4.78, 5) is 18.4. The van der Waals surface area contributed by atoms with Gasteiger partial charge in [0.05, 0.1) is 6.42 Å². The third kappa shape index (κ3) is 4.71. The van der Waals surface area contributed by atoms with Crippen molar-refractivity contribution in [1.82, 2.24) is 15.1 Å². The van der Waals surface area contributed by atoms with E-state index in [-0.39, 0.29) is 0 Å². The normalized spacial score (nSPS) is 34.6. The molecule has 33 heavy (non-hydrogen) atoms. The first-order valence-corrected chi connectivity index (χ1v) is 14.7. The van der Waals surface area contributed by atoms with E-state index in [4.69, 9.17) is 12.2 Å². The lowest BCUT2D eigenvalue weighted by Crippen LogP contribution is -2.62. The predicted molar refractivity (Wildman–Crippen MR) is 138 cm³/mol. The van der Waals surface area contributed by atoms with Gasteiger partial charge in [0.25, 0.3) is 0 Å². The molecule has 180 valence electrons. The van der Waals surface area contributed by atoms with Gasteiger partial charge in [0, 0.05) is 36.6 Å². The van der Waals surface area contributed by atoms with Gasteiger partial charge in [0.15, 0.2) is 5.11 Å². The number of nitrogens with one attached hydrogen (secondary N) is 1. The van der Waals surface area contributed by atoms with Crippen molar-refractivity contribution in [3.8, 4) is 0 Å². The Morgan fingerprint density at radius 1 is 0.939 bits per heavy atom. The van der Waals surface area contributed by atoms with Crippen LogP contribution >= 0.6 is 23.6 Å². The summed E-state index contributed by atoms with van der Waals surface area (Å²) in [6, 6.07) is 4.11. The first kappa shape index (κ1) is 22.3. The largest absolute Gasteiger partial charge is 0.357 e. The number of rotatable bonds is 4. The van der Waals surface area contributed by atoms with E-state index >= 15 is 0 Å². The van der Waals surface area contributed by atoms with Crippen LogP contribution in [0.2, 0.25) is 0 Å². The second kappa shape index (κ2) is 9.14. The molecule has 0 radical (unpaired) electrons. The lowest BCUT2D eigenvalue weighted by molar-refractivity contribution is -0.132. The second-order valence-corrected chi connectivity index (χ2v) is 13.3. The summed E-state index contributed by atoms with van der Waals surface area (Å²) in [5.74, 6) is 4.77. The summed E-state index contributed by atoms with van der Waals surface area (Å²) in [5, 5.41) is 7.05. The number of hydrogen-bond acceptors (Lipinski definition) is 3. The summed E-state index contributed by atoms with van der Waals surface area (Å²) < 4.78 is 0. The van der Waals surface area contributed by atoms with Crippen molar-refractivity contribution < 1.29 is 4.79 Å². The molecule has 6 fully saturated rings. The van der Waals surface area contributed by atoms with E-state index in [0.29, 0.717) is 17.9 Å². The molecule has 1 aromatic rings. The standard InChI is InChI=1S/C27H39N3OS2/c31-25(15-24-2-1-11-33-24)29-7-3-22(4-8-29)23-5-9-30(10-6-23)26(32)28-27-16-19-12-20(17-27)14-21(13-19)18-27/h1-2,11,19-23H,3-10,12-18H2,(H,28,32). The van der Waals surface area contributed by atoms with E-state index in [9.17, 15) is 4.79 Å². The Kier molecular flexibility index (Phi) is 6.19. The van der Waals surface area contributed by atoms with E-state index in [1.165, 1.54) is 69.1 Å². The molecule has 6 aliphatic rings. The number of likely N-dealkylation sites (tertiary alicyclic amines) is 2. The molecule has 2 saturated heterocycles. The minimum atomic E-state index is 0.312. The highest BCUT2D eigenvalue weighted by molar-refractivity contribution is 7.80. The minimum absolute atomic E-state index is 0.312. The number of piperidine rings is 2. The molecule has 6 heteroatoms. The summed E-state index contributed by atoms with van der Waals surface area (Å²) >= 11 is 7.66. The Morgan fingerprint density at radius 3 is 2.00 bits per heavy atom. The minimum Gasteiger partial charge on any atom is -0.357 e. The average molecular weight is 486 g/mol. The van der Waals surface area contributed by atoms with Gasteiger partial charge in [0.2, 0.25) is 5.91 Å². The van der Waals surface area contributed by atoms with Crippen molar-refractivity contribution in [3.63, 3.8) is 0 Å². The van der Waals surface area contributed by atoms with E-state index in [2.05, 4.69) is 26.6 Å². The first-order valence-electron chi connectivity index (χ1n) is 13.4. The monoisotopic (exact) mass is 485 g/mol. The average Bonchev–Trinajstić information content (AvgIpc) is 3.31. The lowest BCUT2D eigenvalue weighted by Gasteiger charge is -2.57. The Labute approximate surface area is 208 Å². The summed E-state index contributed by atoms with van der Waals surface area (Å²) in [6.45, 7) is 4.11. The predicted octanol–water partition coefficient (Wildman–Crippen LogP) is 5.08. The van der Waals surface area contributed by atoms with Crippen LogP contribution in [0.15, 0.2) is 17.5 Å². The van der Waals surface area contributed by atoms with Gasteiger partial charge in [-0.1, -0.05) is 6.07 Å². The Morgan fingerprint density at radius 2 is 1.48 bits per heavy atom. The molecule has 4 aliphatic carbocycles. The lowest BCUT2D eigenvalue weighted by atomic mass is 9.53. The van der Waals surface area contributed by atoms with Gasteiger partial charge < -0.3 is 15.1 Å². The van der Waals surface area contributed by atoms with Gasteiger partial charge in [-0.3, -0.25) is 4.79 Å². The maximum Gasteiger partial charge on any atom is 0.227 e. The fourth-order valence-corrected chi connectivity index (χ4v) is 9.53. The molecular formula is C27H39N3OS2. The number of nitrogens with zero attached hydrogens (tertiary/aromatic N) is 2. The van der Waals surface area contributed by atoms with Gasteiger partial charge in [0.1, 0.15) is 0 Å². The molecule has 4 bridgehead atoms. The summed E-state index contributed by atoms with van der Waals surface area (Å²) in [7, 11) is 0. The quantitative estimate of drug-likeness (QED) is 0.603. The van der Waals surface area contributed by atoms with Gasteiger partial charge in [-0.15, -0.1) is 11.3 Å². The van der Waals surface area contributed by atoms with Gasteiger partial charge in [-0.2, -0.15) is 0 Å². The molecule has 0 spiro atoms. The van der Waals surface area contributed by atoms with Crippen LogP contribution in [0.4, 0.5) is 0 Å². The Hall–Kier alpha value is -1.14. The van der Waals surface area contributed by atoms with Crippen molar-refractivity contribution in [1.29, 1.82) is 0 Å². The van der Waals surface area contributed by atoms with E-state index < -0.39 is 0 Å². The van der Waals surface area contributed by atoms with Crippen LogP contribution in [0.25, 0.3) is 0 Å². The Bertz CT molecular complexity index is 817. The SMILES string of the molecule is O=C(Cc1cccs1)N1CCC(C2CCN(C(=S)NC34CC5CC(CC(C5)C3)C4)CC2)CC1. The number of thiophene rings is 1. The number of thiocarbonyl (C=S) groups is 1. The van der Waals surface area contributed by atoms with Gasteiger partial charge in [-0.25, -0.2) is 0 Å². The molecule has 7 rings (SSSR count). The highest BCUT2D eigenvalue weighted by atomic mass is 32.1. The van der Waals surface area contributed by atoms with E-state index in [0.717, 1.165) is 60.9 Å². The number of carbonyl (C=O) groups is 1. The van der Waals surface area contributed by atoms with Crippen LogP contribution < -0.4 is 5.32 Å². The van der Waals surface area contributed by atoms with Crippen molar-refractivity contribution >= 4 is 34.6 Å². The fraction of sp³-hybridized carbons (Fsp3) is 0.778.